The van der Waals surface area contributed by atoms with Gasteiger partial charge in [-0.2, -0.15) is 0 Å². The van der Waals surface area contributed by atoms with Crippen molar-refractivity contribution in [1.29, 1.82) is 0 Å². The zero-order chi connectivity index (χ0) is 15.0. The van der Waals surface area contributed by atoms with Crippen molar-refractivity contribution in [3.05, 3.63) is 69.1 Å². The van der Waals surface area contributed by atoms with Crippen molar-refractivity contribution in [3.8, 4) is 0 Å². The number of aryl methyl sites for hydroxylation is 2. The van der Waals surface area contributed by atoms with Crippen LogP contribution in [0.3, 0.4) is 0 Å². The molecule has 2 aromatic rings. The highest BCUT2D eigenvalue weighted by molar-refractivity contribution is 5.94. The third-order valence-electron chi connectivity index (χ3n) is 4.08. The van der Waals surface area contributed by atoms with E-state index in [0.29, 0.717) is 5.92 Å². The molecule has 2 atom stereocenters. The largest absolute Gasteiger partial charge is 0.348 e. The summed E-state index contributed by atoms with van der Waals surface area (Å²) in [4.78, 5) is 26.8. The summed E-state index contributed by atoms with van der Waals surface area (Å²) < 4.78 is 0. The number of aromatic amines is 1. The number of carbonyl (C=O) groups excluding carboxylic acids is 1. The molecule has 4 nitrogen and oxygen atoms in total. The van der Waals surface area contributed by atoms with E-state index in [4.69, 9.17) is 0 Å². The maximum absolute atomic E-state index is 12.2. The van der Waals surface area contributed by atoms with E-state index in [-0.39, 0.29) is 23.1 Å². The molecule has 0 saturated heterocycles. The second-order valence-corrected chi connectivity index (χ2v) is 5.65. The summed E-state index contributed by atoms with van der Waals surface area (Å²) in [5.74, 6) is 0.0727. The zero-order valence-corrected chi connectivity index (χ0v) is 12.1. The van der Waals surface area contributed by atoms with Crippen molar-refractivity contribution in [2.24, 2.45) is 0 Å². The number of amides is 1. The second kappa shape index (κ2) is 5.20. The molecular weight excluding hydrogens is 264 g/mol. The summed E-state index contributed by atoms with van der Waals surface area (Å²) in [6.45, 7) is 3.71. The van der Waals surface area contributed by atoms with Gasteiger partial charge in [0.1, 0.15) is 5.56 Å². The molecule has 1 fully saturated rings. The van der Waals surface area contributed by atoms with E-state index < -0.39 is 0 Å². The van der Waals surface area contributed by atoms with Gasteiger partial charge in [0.2, 0.25) is 0 Å². The van der Waals surface area contributed by atoms with Gasteiger partial charge in [-0.3, -0.25) is 9.59 Å². The SMILES string of the molecule is Cc1cc(C(=O)N[C@@H]2C[C@H]2c2ccccc2)c(=O)[nH]c1C. The van der Waals surface area contributed by atoms with Gasteiger partial charge in [-0.15, -0.1) is 0 Å². The minimum absolute atomic E-state index is 0.126. The molecule has 4 heteroatoms. The Morgan fingerprint density at radius 3 is 2.67 bits per heavy atom. The fourth-order valence-electron chi connectivity index (χ4n) is 2.56. The first kappa shape index (κ1) is 13.6. The fourth-order valence-corrected chi connectivity index (χ4v) is 2.56. The Hall–Kier alpha value is -2.36. The predicted molar refractivity (Wildman–Crippen MR) is 81.6 cm³/mol. The van der Waals surface area contributed by atoms with Crippen molar-refractivity contribution in [3.63, 3.8) is 0 Å². The normalized spacial score (nSPS) is 20.1. The fraction of sp³-hybridized carbons (Fsp3) is 0.294. The molecule has 1 aromatic carbocycles. The highest BCUT2D eigenvalue weighted by Gasteiger charge is 2.39. The highest BCUT2D eigenvalue weighted by atomic mass is 16.2. The van der Waals surface area contributed by atoms with E-state index >= 15 is 0 Å². The number of rotatable bonds is 3. The molecule has 1 heterocycles. The molecule has 0 spiro atoms. The molecule has 2 N–H and O–H groups in total. The predicted octanol–water partition coefficient (Wildman–Crippen LogP) is 2.28. The van der Waals surface area contributed by atoms with Crippen LogP contribution in [0, 0.1) is 13.8 Å². The minimum Gasteiger partial charge on any atom is -0.348 e. The molecule has 1 aliphatic carbocycles. The van der Waals surface area contributed by atoms with Gasteiger partial charge in [0.25, 0.3) is 11.5 Å². The van der Waals surface area contributed by atoms with Gasteiger partial charge in [0.05, 0.1) is 0 Å². The lowest BCUT2D eigenvalue weighted by atomic mass is 10.1. The van der Waals surface area contributed by atoms with Crippen LogP contribution in [-0.2, 0) is 0 Å². The Morgan fingerprint density at radius 1 is 1.24 bits per heavy atom. The van der Waals surface area contributed by atoms with E-state index in [1.165, 1.54) is 5.56 Å². The van der Waals surface area contributed by atoms with E-state index in [1.807, 2.05) is 32.0 Å². The number of hydrogen-bond acceptors (Lipinski definition) is 2. The summed E-state index contributed by atoms with van der Waals surface area (Å²) >= 11 is 0. The van der Waals surface area contributed by atoms with Gasteiger partial charge in [0.15, 0.2) is 0 Å². The molecule has 1 saturated carbocycles. The molecule has 0 aliphatic heterocycles. The van der Waals surface area contributed by atoms with E-state index in [2.05, 4.69) is 22.4 Å². The Labute approximate surface area is 123 Å². The average Bonchev–Trinajstić information content (AvgIpc) is 3.23. The van der Waals surface area contributed by atoms with Crippen LogP contribution in [0.1, 0.15) is 39.5 Å². The summed E-state index contributed by atoms with van der Waals surface area (Å²) in [5.41, 5.74) is 2.81. The number of H-pyrrole nitrogens is 1. The number of carbonyl (C=O) groups is 1. The molecule has 1 aliphatic rings. The smallest absolute Gasteiger partial charge is 0.261 e. The Balaban J connectivity index is 1.72. The maximum Gasteiger partial charge on any atom is 0.261 e. The number of benzene rings is 1. The van der Waals surface area contributed by atoms with Crippen LogP contribution in [0.4, 0.5) is 0 Å². The van der Waals surface area contributed by atoms with Crippen LogP contribution in [0.5, 0.6) is 0 Å². The van der Waals surface area contributed by atoms with Crippen molar-refractivity contribution in [2.45, 2.75) is 32.2 Å². The molecule has 21 heavy (non-hydrogen) atoms. The standard InChI is InChI=1S/C17H18N2O2/c1-10-8-14(16(20)18-11(10)2)17(21)19-15-9-13(15)12-6-4-3-5-7-12/h3-8,13,15H,9H2,1-2H3,(H,18,20)(H,19,21)/t13-,15+/m0/s1. The van der Waals surface area contributed by atoms with Crippen molar-refractivity contribution >= 4 is 5.91 Å². The first-order chi connectivity index (χ1) is 10.1. The van der Waals surface area contributed by atoms with E-state index in [1.54, 1.807) is 6.07 Å². The quantitative estimate of drug-likeness (QED) is 0.907. The van der Waals surface area contributed by atoms with E-state index in [9.17, 15) is 9.59 Å². The third-order valence-corrected chi connectivity index (χ3v) is 4.08. The van der Waals surface area contributed by atoms with Crippen molar-refractivity contribution in [2.75, 3.05) is 0 Å². The summed E-state index contributed by atoms with van der Waals surface area (Å²) in [5, 5.41) is 2.95. The lowest BCUT2D eigenvalue weighted by Gasteiger charge is -2.06. The molecule has 0 radical (unpaired) electrons. The summed E-state index contributed by atoms with van der Waals surface area (Å²) in [6.07, 6.45) is 0.929. The first-order valence-corrected chi connectivity index (χ1v) is 7.12. The molecule has 3 rings (SSSR count). The van der Waals surface area contributed by atoms with Crippen molar-refractivity contribution < 1.29 is 4.79 Å². The molecule has 1 amide bonds. The summed E-state index contributed by atoms with van der Waals surface area (Å²) in [7, 11) is 0. The van der Waals surface area contributed by atoms with Crippen LogP contribution >= 0.6 is 0 Å². The van der Waals surface area contributed by atoms with Gasteiger partial charge in [0, 0.05) is 17.7 Å². The van der Waals surface area contributed by atoms with E-state index in [0.717, 1.165) is 17.7 Å². The van der Waals surface area contributed by atoms with Gasteiger partial charge in [-0.25, -0.2) is 0 Å². The number of pyridine rings is 1. The molecule has 0 unspecified atom stereocenters. The molecule has 108 valence electrons. The number of aromatic nitrogens is 1. The van der Waals surface area contributed by atoms with Gasteiger partial charge in [-0.05, 0) is 37.5 Å². The van der Waals surface area contributed by atoms with Crippen LogP contribution in [-0.4, -0.2) is 16.9 Å². The average molecular weight is 282 g/mol. The maximum atomic E-state index is 12.2. The Kier molecular flexibility index (Phi) is 3.37. The third kappa shape index (κ3) is 2.75. The van der Waals surface area contributed by atoms with Crippen LogP contribution in [0.15, 0.2) is 41.2 Å². The highest BCUT2D eigenvalue weighted by Crippen LogP contribution is 2.40. The lowest BCUT2D eigenvalue weighted by Crippen LogP contribution is -2.32. The molecule has 0 bridgehead atoms. The topological polar surface area (TPSA) is 62.0 Å². The van der Waals surface area contributed by atoms with Gasteiger partial charge >= 0.3 is 0 Å². The van der Waals surface area contributed by atoms with Crippen LogP contribution in [0.2, 0.25) is 0 Å². The van der Waals surface area contributed by atoms with Gasteiger partial charge in [-0.1, -0.05) is 30.3 Å². The first-order valence-electron chi connectivity index (χ1n) is 7.12. The second-order valence-electron chi connectivity index (χ2n) is 5.65. The molecule has 1 aromatic heterocycles. The lowest BCUT2D eigenvalue weighted by molar-refractivity contribution is 0.0948. The Morgan fingerprint density at radius 2 is 1.95 bits per heavy atom. The number of hydrogen-bond donors (Lipinski definition) is 2. The summed E-state index contributed by atoms with van der Waals surface area (Å²) in [6, 6.07) is 11.9. The van der Waals surface area contributed by atoms with Crippen molar-refractivity contribution in [1.82, 2.24) is 10.3 Å². The van der Waals surface area contributed by atoms with Crippen LogP contribution < -0.4 is 10.9 Å². The Bertz CT molecular complexity index is 734. The van der Waals surface area contributed by atoms with Crippen LogP contribution in [0.25, 0.3) is 0 Å². The minimum atomic E-state index is -0.326. The zero-order valence-electron chi connectivity index (χ0n) is 12.1. The monoisotopic (exact) mass is 282 g/mol. The number of nitrogens with one attached hydrogen (secondary N) is 2. The molecular formula is C17H18N2O2. The van der Waals surface area contributed by atoms with Gasteiger partial charge < -0.3 is 10.3 Å².